The Labute approximate surface area is 205 Å². The van der Waals surface area contributed by atoms with Gasteiger partial charge in [-0.3, -0.25) is 14.2 Å². The van der Waals surface area contributed by atoms with Crippen LogP contribution in [0.3, 0.4) is 0 Å². The maximum Gasteiger partial charge on any atom is 0.339 e. The van der Waals surface area contributed by atoms with Crippen LogP contribution in [0.1, 0.15) is 31.9 Å². The van der Waals surface area contributed by atoms with Crippen LogP contribution >= 0.6 is 11.3 Å². The van der Waals surface area contributed by atoms with Crippen molar-refractivity contribution >= 4 is 39.1 Å². The third-order valence-electron chi connectivity index (χ3n) is 6.11. The van der Waals surface area contributed by atoms with Crippen molar-refractivity contribution in [3.8, 4) is 5.69 Å². The van der Waals surface area contributed by atoms with Crippen LogP contribution in [0.4, 0.5) is 5.69 Å². The number of methoxy groups -OCH3 is 1. The summed E-state index contributed by atoms with van der Waals surface area (Å²) in [6.45, 7) is 7.23. The molecule has 0 spiro atoms. The second-order valence-corrected chi connectivity index (χ2v) is 9.53. The van der Waals surface area contributed by atoms with Gasteiger partial charge in [-0.2, -0.15) is 0 Å². The van der Waals surface area contributed by atoms with Gasteiger partial charge < -0.3 is 10.1 Å². The van der Waals surface area contributed by atoms with Crippen molar-refractivity contribution in [3.05, 3.63) is 90.4 Å². The summed E-state index contributed by atoms with van der Waals surface area (Å²) in [6, 6.07) is 11.8. The fourth-order valence-corrected chi connectivity index (χ4v) is 5.04. The number of aryl methyl sites for hydroxylation is 4. The van der Waals surface area contributed by atoms with E-state index in [0.29, 0.717) is 15.9 Å². The summed E-state index contributed by atoms with van der Waals surface area (Å²) in [5, 5.41) is 3.11. The second-order valence-electron chi connectivity index (χ2n) is 8.33. The number of carbonyl (C=O) groups excluding carboxylic acids is 2. The van der Waals surface area contributed by atoms with Crippen LogP contribution in [0, 0.1) is 27.7 Å². The maximum absolute atomic E-state index is 13.6. The van der Waals surface area contributed by atoms with Crippen LogP contribution < -0.4 is 16.6 Å². The molecule has 0 unspecified atom stereocenters. The van der Waals surface area contributed by atoms with E-state index in [1.54, 1.807) is 30.3 Å². The fourth-order valence-electron chi connectivity index (χ4n) is 3.90. The largest absolute Gasteiger partial charge is 0.465 e. The number of nitrogens with one attached hydrogen (secondary N) is 1. The van der Waals surface area contributed by atoms with Crippen molar-refractivity contribution in [2.75, 3.05) is 12.4 Å². The lowest BCUT2D eigenvalue weighted by Gasteiger charge is -2.14. The van der Waals surface area contributed by atoms with Crippen molar-refractivity contribution in [2.24, 2.45) is 0 Å². The van der Waals surface area contributed by atoms with E-state index in [0.717, 1.165) is 26.1 Å². The van der Waals surface area contributed by atoms with E-state index >= 15 is 0 Å². The molecule has 0 atom stereocenters. The van der Waals surface area contributed by atoms with Crippen molar-refractivity contribution in [1.82, 2.24) is 9.13 Å². The van der Waals surface area contributed by atoms with Gasteiger partial charge in [0, 0.05) is 4.88 Å². The third kappa shape index (κ3) is 4.30. The van der Waals surface area contributed by atoms with Gasteiger partial charge in [0.15, 0.2) is 0 Å². The molecule has 1 amide bonds. The van der Waals surface area contributed by atoms with Crippen LogP contribution in [0.25, 0.3) is 15.9 Å². The number of carbonyl (C=O) groups is 2. The van der Waals surface area contributed by atoms with E-state index in [1.165, 1.54) is 29.1 Å². The zero-order valence-electron chi connectivity index (χ0n) is 20.1. The van der Waals surface area contributed by atoms with Gasteiger partial charge >= 0.3 is 11.7 Å². The minimum Gasteiger partial charge on any atom is -0.465 e. The molecule has 0 radical (unpaired) electrons. The smallest absolute Gasteiger partial charge is 0.339 e. The zero-order valence-corrected chi connectivity index (χ0v) is 20.9. The Morgan fingerprint density at radius 2 is 1.71 bits per heavy atom. The van der Waals surface area contributed by atoms with Crippen molar-refractivity contribution in [1.29, 1.82) is 0 Å². The van der Waals surface area contributed by atoms with E-state index in [4.69, 9.17) is 4.74 Å². The molecule has 35 heavy (non-hydrogen) atoms. The van der Waals surface area contributed by atoms with Gasteiger partial charge in [-0.05, 0) is 68.7 Å². The topological polar surface area (TPSA) is 99.4 Å². The Morgan fingerprint density at radius 3 is 2.40 bits per heavy atom. The standard InChI is InChI=1S/C26H25N3O5S/c1-14-10-11-18(12-15(14)2)29-23(31)22-16(3)17(4)35-24(22)28(26(29)33)13-21(30)27-20-9-7-6-8-19(20)25(32)34-5/h6-12H,13H2,1-5H3,(H,27,30). The first-order valence-corrected chi connectivity index (χ1v) is 11.8. The highest BCUT2D eigenvalue weighted by Crippen LogP contribution is 2.27. The molecule has 0 saturated carbocycles. The molecule has 9 heteroatoms. The number of anilines is 1. The third-order valence-corrected chi connectivity index (χ3v) is 7.34. The molecule has 2 aromatic carbocycles. The van der Waals surface area contributed by atoms with E-state index in [9.17, 15) is 19.2 Å². The Kier molecular flexibility index (Phi) is 6.45. The Hall–Kier alpha value is -3.98. The summed E-state index contributed by atoms with van der Waals surface area (Å²) in [6.07, 6.45) is 0. The van der Waals surface area contributed by atoms with Gasteiger partial charge in [-0.25, -0.2) is 14.2 Å². The molecular formula is C26H25N3O5S. The summed E-state index contributed by atoms with van der Waals surface area (Å²) in [5.74, 6) is -1.10. The number of aromatic nitrogens is 2. The first kappa shape index (κ1) is 24.2. The summed E-state index contributed by atoms with van der Waals surface area (Å²) in [4.78, 5) is 53.5. The minimum absolute atomic E-state index is 0.198. The number of thiophene rings is 1. The molecule has 0 fully saturated rings. The van der Waals surface area contributed by atoms with Gasteiger partial charge in [0.1, 0.15) is 11.4 Å². The number of esters is 1. The monoisotopic (exact) mass is 491 g/mol. The number of amides is 1. The molecule has 8 nitrogen and oxygen atoms in total. The lowest BCUT2D eigenvalue weighted by Crippen LogP contribution is -2.40. The SMILES string of the molecule is COC(=O)c1ccccc1NC(=O)Cn1c(=O)n(-c2ccc(C)c(C)c2)c(=O)c2c(C)c(C)sc21. The molecule has 0 aliphatic carbocycles. The van der Waals surface area contributed by atoms with Gasteiger partial charge in [0.2, 0.25) is 5.91 Å². The first-order chi connectivity index (χ1) is 16.6. The minimum atomic E-state index is -0.608. The van der Waals surface area contributed by atoms with Crippen molar-refractivity contribution in [3.63, 3.8) is 0 Å². The van der Waals surface area contributed by atoms with E-state index in [2.05, 4.69) is 5.32 Å². The Bertz CT molecular complexity index is 1610. The molecule has 180 valence electrons. The molecule has 2 heterocycles. The van der Waals surface area contributed by atoms with Gasteiger partial charge in [-0.15, -0.1) is 11.3 Å². The maximum atomic E-state index is 13.6. The predicted molar refractivity (Wildman–Crippen MR) is 137 cm³/mol. The molecule has 0 aliphatic heterocycles. The molecule has 0 aliphatic rings. The quantitative estimate of drug-likeness (QED) is 0.427. The molecule has 1 N–H and O–H groups in total. The van der Waals surface area contributed by atoms with Crippen LogP contribution in [0.15, 0.2) is 52.1 Å². The Morgan fingerprint density at radius 1 is 1.00 bits per heavy atom. The number of rotatable bonds is 5. The normalized spacial score (nSPS) is 11.0. The predicted octanol–water partition coefficient (Wildman–Crippen LogP) is 3.87. The summed E-state index contributed by atoms with van der Waals surface area (Å²) < 4.78 is 7.21. The summed E-state index contributed by atoms with van der Waals surface area (Å²) in [5.41, 5.74) is 2.64. The lowest BCUT2D eigenvalue weighted by molar-refractivity contribution is -0.116. The first-order valence-electron chi connectivity index (χ1n) is 10.9. The van der Waals surface area contributed by atoms with Crippen molar-refractivity contribution < 1.29 is 14.3 Å². The molecule has 0 saturated heterocycles. The number of para-hydroxylation sites is 1. The highest BCUT2D eigenvalue weighted by molar-refractivity contribution is 7.18. The molecule has 4 aromatic rings. The second kappa shape index (κ2) is 9.34. The highest BCUT2D eigenvalue weighted by Gasteiger charge is 2.22. The Balaban J connectivity index is 1.85. The number of ether oxygens (including phenoxy) is 1. The number of fused-ring (bicyclic) bond motifs is 1. The number of hydrogen-bond donors (Lipinski definition) is 1. The summed E-state index contributed by atoms with van der Waals surface area (Å²) >= 11 is 1.30. The van der Waals surface area contributed by atoms with E-state index < -0.39 is 23.1 Å². The van der Waals surface area contributed by atoms with Crippen LogP contribution in [0.5, 0.6) is 0 Å². The number of nitrogens with zero attached hydrogens (tertiary/aromatic N) is 2. The van der Waals surface area contributed by atoms with E-state index in [1.807, 2.05) is 33.8 Å². The van der Waals surface area contributed by atoms with Crippen molar-refractivity contribution in [2.45, 2.75) is 34.2 Å². The molecule has 4 rings (SSSR count). The van der Waals surface area contributed by atoms with E-state index in [-0.39, 0.29) is 17.8 Å². The summed E-state index contributed by atoms with van der Waals surface area (Å²) in [7, 11) is 1.26. The molecule has 0 bridgehead atoms. The molecule has 2 aromatic heterocycles. The lowest BCUT2D eigenvalue weighted by atomic mass is 10.1. The average molecular weight is 492 g/mol. The van der Waals surface area contributed by atoms with Crippen LogP contribution in [0.2, 0.25) is 0 Å². The molecular weight excluding hydrogens is 466 g/mol. The van der Waals surface area contributed by atoms with Gasteiger partial charge in [-0.1, -0.05) is 18.2 Å². The zero-order chi connectivity index (χ0) is 25.4. The van der Waals surface area contributed by atoms with Crippen LogP contribution in [-0.2, 0) is 16.1 Å². The van der Waals surface area contributed by atoms with Crippen LogP contribution in [-0.4, -0.2) is 28.1 Å². The number of benzene rings is 2. The average Bonchev–Trinajstić information content (AvgIpc) is 3.13. The van der Waals surface area contributed by atoms with Gasteiger partial charge in [0.05, 0.1) is 29.4 Å². The highest BCUT2D eigenvalue weighted by atomic mass is 32.1. The van der Waals surface area contributed by atoms with Gasteiger partial charge in [0.25, 0.3) is 5.56 Å². The number of hydrogen-bond acceptors (Lipinski definition) is 6. The fraction of sp³-hybridized carbons (Fsp3) is 0.231.